The highest BCUT2D eigenvalue weighted by Crippen LogP contribution is 2.52. The molecule has 0 aromatic heterocycles. The topological polar surface area (TPSA) is 125 Å². The summed E-state index contributed by atoms with van der Waals surface area (Å²) in [7, 11) is 0. The Labute approximate surface area is 179 Å². The Bertz CT molecular complexity index is 859. The molecule has 0 radical (unpaired) electrons. The lowest BCUT2D eigenvalue weighted by Gasteiger charge is -2.44. The van der Waals surface area contributed by atoms with E-state index in [0.29, 0.717) is 13.0 Å². The predicted molar refractivity (Wildman–Crippen MR) is 112 cm³/mol. The Morgan fingerprint density at radius 3 is 2.73 bits per heavy atom. The van der Waals surface area contributed by atoms with E-state index >= 15 is 0 Å². The molecule has 3 heterocycles. The van der Waals surface area contributed by atoms with Crippen LogP contribution in [-0.4, -0.2) is 51.6 Å². The second kappa shape index (κ2) is 8.58. The van der Waals surface area contributed by atoms with E-state index in [1.54, 1.807) is 11.8 Å². The van der Waals surface area contributed by atoms with E-state index in [9.17, 15) is 19.8 Å². The zero-order chi connectivity index (χ0) is 21.4. The van der Waals surface area contributed by atoms with Gasteiger partial charge in [0.25, 0.3) is 0 Å². The highest BCUT2D eigenvalue weighted by Gasteiger charge is 2.58. The Kier molecular flexibility index (Phi) is 6.06. The fourth-order valence-corrected chi connectivity index (χ4v) is 6.15. The summed E-state index contributed by atoms with van der Waals surface area (Å²) in [6.45, 7) is 3.23. The first-order chi connectivity index (χ1) is 14.4. The van der Waals surface area contributed by atoms with Crippen molar-refractivity contribution in [1.82, 2.24) is 10.2 Å². The van der Waals surface area contributed by atoms with Crippen LogP contribution < -0.4 is 11.1 Å². The quantitative estimate of drug-likeness (QED) is 0.380. The molecule has 0 bridgehead atoms. The van der Waals surface area contributed by atoms with Gasteiger partial charge in [0.15, 0.2) is 0 Å². The monoisotopic (exact) mass is 433 g/mol. The molecule has 2 saturated heterocycles. The minimum atomic E-state index is -1.42. The number of hydrogen-bond acceptors (Lipinski definition) is 7. The average molecular weight is 434 g/mol. The molecule has 0 saturated carbocycles. The first-order valence-electron chi connectivity index (χ1n) is 10.2. The van der Waals surface area contributed by atoms with Crippen molar-refractivity contribution in [3.8, 4) is 0 Å². The largest absolute Gasteiger partial charge is 0.512 e. The third-order valence-electron chi connectivity index (χ3n) is 6.25. The van der Waals surface area contributed by atoms with Gasteiger partial charge in [0.1, 0.15) is 0 Å². The second-order valence-electron chi connectivity index (χ2n) is 8.03. The summed E-state index contributed by atoms with van der Waals surface area (Å²) in [4.78, 5) is 26.1. The third kappa shape index (κ3) is 3.71. The van der Waals surface area contributed by atoms with Crippen LogP contribution in [0.5, 0.6) is 0 Å². The van der Waals surface area contributed by atoms with Gasteiger partial charge in [-0.25, -0.2) is 4.79 Å². The van der Waals surface area contributed by atoms with Gasteiger partial charge >= 0.3 is 6.16 Å². The molecule has 8 nitrogen and oxygen atoms in total. The zero-order valence-corrected chi connectivity index (χ0v) is 17.6. The SMILES string of the molecule is C[C@H]1C(S[C@@H]2CN[C@H](c3ccc(CN)cc3)C2)=C(OC(=O)O)N2C(=O)[C@@H](CCO)[C@@H]12. The molecule has 2 fully saturated rings. The zero-order valence-electron chi connectivity index (χ0n) is 16.8. The lowest BCUT2D eigenvalue weighted by molar-refractivity contribution is -0.156. The van der Waals surface area contributed by atoms with Crippen molar-refractivity contribution in [2.75, 3.05) is 13.2 Å². The molecule has 1 amide bonds. The summed E-state index contributed by atoms with van der Waals surface area (Å²) in [5, 5.41) is 22.2. The van der Waals surface area contributed by atoms with E-state index in [2.05, 4.69) is 17.4 Å². The number of nitrogens with one attached hydrogen (secondary N) is 1. The second-order valence-corrected chi connectivity index (χ2v) is 9.37. The fourth-order valence-electron chi connectivity index (χ4n) is 4.73. The number of rotatable bonds is 7. The minimum Gasteiger partial charge on any atom is -0.449 e. The van der Waals surface area contributed by atoms with Gasteiger partial charge in [0.05, 0.1) is 16.9 Å². The maximum Gasteiger partial charge on any atom is 0.512 e. The van der Waals surface area contributed by atoms with Crippen molar-refractivity contribution in [2.24, 2.45) is 17.6 Å². The fraction of sp³-hybridized carbons (Fsp3) is 0.524. The Hall–Kier alpha value is -2.07. The smallest absolute Gasteiger partial charge is 0.449 e. The average Bonchev–Trinajstić information content (AvgIpc) is 3.29. The number of carbonyl (C=O) groups excluding carboxylic acids is 1. The van der Waals surface area contributed by atoms with E-state index in [1.165, 1.54) is 10.5 Å². The van der Waals surface area contributed by atoms with Crippen molar-refractivity contribution in [3.63, 3.8) is 0 Å². The summed E-state index contributed by atoms with van der Waals surface area (Å²) in [5.74, 6) is -0.331. The number of amides is 1. The van der Waals surface area contributed by atoms with E-state index in [1.807, 2.05) is 19.1 Å². The summed E-state index contributed by atoms with van der Waals surface area (Å²) in [6.07, 6.45) is -0.145. The summed E-state index contributed by atoms with van der Waals surface area (Å²) >= 11 is 1.60. The van der Waals surface area contributed by atoms with Gasteiger partial charge in [-0.1, -0.05) is 31.2 Å². The third-order valence-corrected chi connectivity index (χ3v) is 7.74. The van der Waals surface area contributed by atoms with Gasteiger partial charge in [-0.05, 0) is 24.0 Å². The van der Waals surface area contributed by atoms with Crippen LogP contribution in [0.3, 0.4) is 0 Å². The molecule has 1 aromatic rings. The van der Waals surface area contributed by atoms with Crippen molar-refractivity contribution in [2.45, 2.75) is 43.6 Å². The minimum absolute atomic E-state index is 0.0264. The lowest BCUT2D eigenvalue weighted by Crippen LogP contribution is -2.60. The predicted octanol–water partition coefficient (Wildman–Crippen LogP) is 2.00. The Balaban J connectivity index is 1.49. The van der Waals surface area contributed by atoms with E-state index in [-0.39, 0.29) is 47.6 Å². The Morgan fingerprint density at radius 2 is 2.10 bits per heavy atom. The van der Waals surface area contributed by atoms with Crippen LogP contribution in [0.4, 0.5) is 4.79 Å². The molecule has 1 aromatic carbocycles. The van der Waals surface area contributed by atoms with Crippen molar-refractivity contribution < 1.29 is 24.5 Å². The molecular formula is C21H27N3O5S. The molecular weight excluding hydrogens is 406 g/mol. The number of fused-ring (bicyclic) bond motifs is 1. The summed E-state index contributed by atoms with van der Waals surface area (Å²) in [5.41, 5.74) is 7.97. The number of thioether (sulfide) groups is 1. The number of aliphatic hydroxyl groups excluding tert-OH is 1. The van der Waals surface area contributed by atoms with Crippen molar-refractivity contribution >= 4 is 23.8 Å². The lowest BCUT2D eigenvalue weighted by atomic mass is 9.80. The van der Waals surface area contributed by atoms with Crippen molar-refractivity contribution in [1.29, 1.82) is 0 Å². The van der Waals surface area contributed by atoms with Gasteiger partial charge in [-0.15, -0.1) is 11.8 Å². The van der Waals surface area contributed by atoms with Crippen molar-refractivity contribution in [3.05, 3.63) is 46.2 Å². The van der Waals surface area contributed by atoms with E-state index in [4.69, 9.17) is 10.5 Å². The normalized spacial score (nSPS) is 30.4. The maximum absolute atomic E-state index is 12.5. The molecule has 0 spiro atoms. The number of benzene rings is 1. The Morgan fingerprint density at radius 1 is 1.37 bits per heavy atom. The number of carbonyl (C=O) groups is 2. The molecule has 4 rings (SSSR count). The molecule has 5 atom stereocenters. The van der Waals surface area contributed by atoms with E-state index in [0.717, 1.165) is 23.4 Å². The van der Waals surface area contributed by atoms with E-state index < -0.39 is 6.16 Å². The highest BCUT2D eigenvalue weighted by molar-refractivity contribution is 8.03. The van der Waals surface area contributed by atoms with Gasteiger partial charge in [0, 0.05) is 36.9 Å². The van der Waals surface area contributed by atoms with Crippen LogP contribution in [0.15, 0.2) is 35.1 Å². The summed E-state index contributed by atoms with van der Waals surface area (Å²) in [6, 6.07) is 8.33. The molecule has 3 aliphatic rings. The van der Waals surface area contributed by atoms with Crippen LogP contribution in [0, 0.1) is 11.8 Å². The number of carboxylic acid groups (broad SMARTS) is 1. The van der Waals surface area contributed by atoms with Crippen LogP contribution in [0.25, 0.3) is 0 Å². The molecule has 30 heavy (non-hydrogen) atoms. The highest BCUT2D eigenvalue weighted by atomic mass is 32.2. The van der Waals surface area contributed by atoms with Gasteiger partial charge in [-0.3, -0.25) is 9.69 Å². The molecule has 9 heteroatoms. The molecule has 0 unspecified atom stereocenters. The number of hydrogen-bond donors (Lipinski definition) is 4. The molecule has 162 valence electrons. The number of nitrogens with zero attached hydrogens (tertiary/aromatic N) is 1. The first kappa shape index (κ1) is 21.2. The van der Waals surface area contributed by atoms with Gasteiger partial charge in [0.2, 0.25) is 11.8 Å². The van der Waals surface area contributed by atoms with Crippen LogP contribution in [-0.2, 0) is 16.1 Å². The number of β-lactam (4-membered cyclic amide) rings is 1. The summed E-state index contributed by atoms with van der Waals surface area (Å²) < 4.78 is 5.06. The number of ether oxygens (including phenoxy) is 1. The van der Waals surface area contributed by atoms with Crippen LogP contribution in [0.1, 0.15) is 36.9 Å². The number of aliphatic hydroxyl groups is 1. The molecule has 5 N–H and O–H groups in total. The van der Waals surface area contributed by atoms with Crippen LogP contribution >= 0.6 is 11.8 Å². The number of nitrogens with two attached hydrogens (primary N) is 1. The van der Waals surface area contributed by atoms with Gasteiger partial charge < -0.3 is 26.0 Å². The standard InChI is InChI=1S/C21H27N3O5S/c1-11-17-15(6-7-25)19(26)24(17)20(29-21(27)28)18(11)30-14-8-16(23-10-14)13-4-2-12(9-22)3-5-13/h2-5,11,14-17,23,25H,6-10,22H2,1H3,(H,27,28)/t11-,14+,15+,16+,17-/m1/s1. The van der Waals surface area contributed by atoms with Crippen LogP contribution in [0.2, 0.25) is 0 Å². The maximum atomic E-state index is 12.5. The molecule has 0 aliphatic carbocycles. The molecule has 3 aliphatic heterocycles. The van der Waals surface area contributed by atoms with Gasteiger partial charge in [-0.2, -0.15) is 0 Å². The first-order valence-corrected chi connectivity index (χ1v) is 11.1.